The van der Waals surface area contributed by atoms with Gasteiger partial charge in [0.15, 0.2) is 0 Å². The lowest BCUT2D eigenvalue weighted by molar-refractivity contribution is 0.387. The number of fused-ring (bicyclic) bond motifs is 1. The Morgan fingerprint density at radius 2 is 1.50 bits per heavy atom. The van der Waals surface area contributed by atoms with Gasteiger partial charge in [-0.2, -0.15) is 5.10 Å². The largest absolute Gasteiger partial charge is 0.492 e. The Morgan fingerprint density at radius 1 is 0.909 bits per heavy atom. The summed E-state index contributed by atoms with van der Waals surface area (Å²) < 4.78 is 0. The lowest BCUT2D eigenvalue weighted by Crippen LogP contribution is -2.29. The van der Waals surface area contributed by atoms with E-state index in [1.807, 2.05) is 49.4 Å². The Balaban J connectivity index is 1.74. The van der Waals surface area contributed by atoms with E-state index >= 15 is 0 Å². The Kier molecular flexibility index (Phi) is 2.89. The fourth-order valence-electron chi connectivity index (χ4n) is 3.09. The average Bonchev–Trinajstić information content (AvgIpc) is 3.09. The molecule has 1 N–H and O–H groups in total. The summed E-state index contributed by atoms with van der Waals surface area (Å²) in [6.45, 7) is 3.46. The van der Waals surface area contributed by atoms with Gasteiger partial charge in [-0.05, 0) is 23.6 Å². The van der Waals surface area contributed by atoms with Gasteiger partial charge < -0.3 is 5.11 Å². The van der Waals surface area contributed by atoms with Crippen molar-refractivity contribution in [3.05, 3.63) is 71.4 Å². The second kappa shape index (κ2) is 4.91. The third kappa shape index (κ3) is 1.96. The maximum atomic E-state index is 10.7. The number of benzene rings is 2. The first-order valence-electron chi connectivity index (χ1n) is 7.40. The Bertz CT molecular complexity index is 799. The van der Waals surface area contributed by atoms with Crippen LogP contribution < -0.4 is 5.01 Å². The van der Waals surface area contributed by atoms with Crippen LogP contribution in [-0.2, 0) is 13.1 Å². The van der Waals surface area contributed by atoms with Gasteiger partial charge >= 0.3 is 0 Å². The van der Waals surface area contributed by atoms with Crippen LogP contribution in [0.1, 0.15) is 16.8 Å². The number of hydrogen-bond acceptors (Lipinski definition) is 3. The van der Waals surface area contributed by atoms with Crippen molar-refractivity contribution in [2.75, 3.05) is 5.01 Å². The van der Waals surface area contributed by atoms with Gasteiger partial charge in [0.05, 0.1) is 24.3 Å². The van der Waals surface area contributed by atoms with E-state index in [0.717, 1.165) is 29.9 Å². The van der Waals surface area contributed by atoms with E-state index in [1.54, 1.807) is 4.79 Å². The SMILES string of the molecule is Cc1nn(N2Cc3ccccc3C2)c(O)c1-c1ccccc1. The van der Waals surface area contributed by atoms with E-state index in [2.05, 4.69) is 22.2 Å². The monoisotopic (exact) mass is 291 g/mol. The molecule has 0 radical (unpaired) electrons. The van der Waals surface area contributed by atoms with E-state index in [0.29, 0.717) is 0 Å². The van der Waals surface area contributed by atoms with Crippen molar-refractivity contribution in [1.82, 2.24) is 9.89 Å². The highest BCUT2D eigenvalue weighted by molar-refractivity contribution is 5.71. The molecule has 4 rings (SSSR count). The normalized spacial score (nSPS) is 13.4. The lowest BCUT2D eigenvalue weighted by Gasteiger charge is -2.18. The van der Waals surface area contributed by atoms with Crippen LogP contribution >= 0.6 is 0 Å². The zero-order valence-electron chi connectivity index (χ0n) is 12.4. The first-order valence-corrected chi connectivity index (χ1v) is 7.40. The molecule has 0 aliphatic carbocycles. The molecule has 1 aromatic heterocycles. The molecule has 0 saturated heterocycles. The molecule has 1 aliphatic heterocycles. The smallest absolute Gasteiger partial charge is 0.238 e. The summed E-state index contributed by atoms with van der Waals surface area (Å²) in [5.74, 6) is 0.205. The summed E-state index contributed by atoms with van der Waals surface area (Å²) in [7, 11) is 0. The fraction of sp³-hybridized carbons (Fsp3) is 0.167. The lowest BCUT2D eigenvalue weighted by atomic mass is 10.1. The molecule has 2 aromatic carbocycles. The molecular weight excluding hydrogens is 274 g/mol. The average molecular weight is 291 g/mol. The molecule has 0 unspecified atom stereocenters. The number of aromatic hydroxyl groups is 1. The molecule has 22 heavy (non-hydrogen) atoms. The zero-order chi connectivity index (χ0) is 15.1. The highest BCUT2D eigenvalue weighted by Gasteiger charge is 2.24. The van der Waals surface area contributed by atoms with Gasteiger partial charge in [-0.3, -0.25) is 5.01 Å². The van der Waals surface area contributed by atoms with Gasteiger partial charge in [0.25, 0.3) is 0 Å². The van der Waals surface area contributed by atoms with E-state index in [4.69, 9.17) is 0 Å². The predicted octanol–water partition coefficient (Wildman–Crippen LogP) is 3.22. The molecule has 1 aliphatic rings. The van der Waals surface area contributed by atoms with Crippen LogP contribution in [0, 0.1) is 6.92 Å². The third-order valence-corrected chi connectivity index (χ3v) is 4.17. The molecule has 110 valence electrons. The van der Waals surface area contributed by atoms with Crippen molar-refractivity contribution in [2.24, 2.45) is 0 Å². The van der Waals surface area contributed by atoms with Gasteiger partial charge in [0.1, 0.15) is 0 Å². The second-order valence-corrected chi connectivity index (χ2v) is 5.63. The summed E-state index contributed by atoms with van der Waals surface area (Å²) in [5, 5.41) is 17.3. The topological polar surface area (TPSA) is 41.3 Å². The van der Waals surface area contributed by atoms with Crippen LogP contribution in [0.4, 0.5) is 0 Å². The molecule has 0 amide bonds. The summed E-state index contributed by atoms with van der Waals surface area (Å²) in [6.07, 6.45) is 0. The molecule has 3 aromatic rings. The number of hydrogen-bond donors (Lipinski definition) is 1. The van der Waals surface area contributed by atoms with Crippen molar-refractivity contribution < 1.29 is 5.11 Å². The molecule has 4 heteroatoms. The van der Waals surface area contributed by atoms with Gasteiger partial charge in [-0.15, -0.1) is 4.79 Å². The number of aryl methyl sites for hydroxylation is 1. The standard InChI is InChI=1S/C18H17N3O/c1-13-17(14-7-3-2-4-8-14)18(22)21(19-13)20-11-15-9-5-6-10-16(15)12-20/h2-10,22H,11-12H2,1H3. The summed E-state index contributed by atoms with van der Waals surface area (Å²) in [6, 6.07) is 18.2. The predicted molar refractivity (Wildman–Crippen MR) is 86.1 cm³/mol. The van der Waals surface area contributed by atoms with Crippen molar-refractivity contribution in [3.8, 4) is 17.0 Å². The van der Waals surface area contributed by atoms with Crippen LogP contribution in [0.25, 0.3) is 11.1 Å². The van der Waals surface area contributed by atoms with Crippen molar-refractivity contribution >= 4 is 0 Å². The van der Waals surface area contributed by atoms with Crippen molar-refractivity contribution in [1.29, 1.82) is 0 Å². The highest BCUT2D eigenvalue weighted by atomic mass is 16.3. The summed E-state index contributed by atoms with van der Waals surface area (Å²) >= 11 is 0. The van der Waals surface area contributed by atoms with Crippen LogP contribution in [0.3, 0.4) is 0 Å². The number of nitrogens with zero attached hydrogens (tertiary/aromatic N) is 3. The van der Waals surface area contributed by atoms with Gasteiger partial charge in [0.2, 0.25) is 5.88 Å². The van der Waals surface area contributed by atoms with Crippen LogP contribution in [0.2, 0.25) is 0 Å². The van der Waals surface area contributed by atoms with E-state index in [-0.39, 0.29) is 5.88 Å². The summed E-state index contributed by atoms with van der Waals surface area (Å²) in [4.78, 5) is 1.64. The molecule has 0 atom stereocenters. The minimum Gasteiger partial charge on any atom is -0.492 e. The minimum atomic E-state index is 0.205. The molecule has 4 nitrogen and oxygen atoms in total. The number of aromatic nitrogens is 2. The third-order valence-electron chi connectivity index (χ3n) is 4.17. The highest BCUT2D eigenvalue weighted by Crippen LogP contribution is 2.34. The van der Waals surface area contributed by atoms with Crippen LogP contribution in [0.15, 0.2) is 54.6 Å². The molecule has 0 bridgehead atoms. The van der Waals surface area contributed by atoms with Crippen molar-refractivity contribution in [2.45, 2.75) is 20.0 Å². The molecular formula is C18H17N3O. The Morgan fingerprint density at radius 3 is 2.14 bits per heavy atom. The van der Waals surface area contributed by atoms with E-state index in [9.17, 15) is 5.11 Å². The first kappa shape index (κ1) is 13.0. The Hall–Kier alpha value is -2.75. The zero-order valence-corrected chi connectivity index (χ0v) is 12.4. The maximum Gasteiger partial charge on any atom is 0.238 e. The molecule has 2 heterocycles. The van der Waals surface area contributed by atoms with Gasteiger partial charge in [-0.1, -0.05) is 54.6 Å². The van der Waals surface area contributed by atoms with Gasteiger partial charge in [-0.25, -0.2) is 0 Å². The summed E-state index contributed by atoms with van der Waals surface area (Å²) in [5.41, 5.74) is 5.20. The quantitative estimate of drug-likeness (QED) is 0.788. The van der Waals surface area contributed by atoms with Crippen LogP contribution in [0.5, 0.6) is 5.88 Å². The fourth-order valence-corrected chi connectivity index (χ4v) is 3.09. The van der Waals surface area contributed by atoms with Gasteiger partial charge in [0, 0.05) is 0 Å². The van der Waals surface area contributed by atoms with E-state index in [1.165, 1.54) is 11.1 Å². The first-order chi connectivity index (χ1) is 10.7. The van der Waals surface area contributed by atoms with E-state index < -0.39 is 0 Å². The number of rotatable bonds is 2. The maximum absolute atomic E-state index is 10.7. The molecule has 0 spiro atoms. The molecule has 0 fully saturated rings. The minimum absolute atomic E-state index is 0.205. The van der Waals surface area contributed by atoms with Crippen molar-refractivity contribution in [3.63, 3.8) is 0 Å². The molecule has 0 saturated carbocycles. The Labute approximate surface area is 129 Å². The second-order valence-electron chi connectivity index (χ2n) is 5.63. The van der Waals surface area contributed by atoms with Crippen LogP contribution in [-0.4, -0.2) is 15.0 Å².